The van der Waals surface area contributed by atoms with Crippen molar-refractivity contribution in [1.82, 2.24) is 15.2 Å². The van der Waals surface area contributed by atoms with Gasteiger partial charge in [0.1, 0.15) is 18.0 Å². The number of hydrogen-bond acceptors (Lipinski definition) is 7. The van der Waals surface area contributed by atoms with Crippen LogP contribution in [0.2, 0.25) is 0 Å². The van der Waals surface area contributed by atoms with E-state index in [0.717, 1.165) is 19.3 Å². The number of nitrogens with one attached hydrogen (secondary N) is 1. The summed E-state index contributed by atoms with van der Waals surface area (Å²) in [7, 11) is 1.47. The average Bonchev–Trinajstić information content (AvgIpc) is 3.28. The van der Waals surface area contributed by atoms with Gasteiger partial charge in [-0.1, -0.05) is 25.2 Å². The first-order valence-electron chi connectivity index (χ1n) is 13.7. The van der Waals surface area contributed by atoms with E-state index in [2.05, 4.69) is 29.1 Å². The van der Waals surface area contributed by atoms with Crippen molar-refractivity contribution in [2.45, 2.75) is 65.0 Å². The van der Waals surface area contributed by atoms with Crippen LogP contribution in [-0.2, 0) is 9.53 Å². The summed E-state index contributed by atoms with van der Waals surface area (Å²) in [6.07, 6.45) is 4.12. The minimum atomic E-state index is -0.620. The molecule has 0 unspecified atom stereocenters. The highest BCUT2D eigenvalue weighted by Gasteiger charge is 2.32. The van der Waals surface area contributed by atoms with E-state index < -0.39 is 11.5 Å². The first-order valence-corrected chi connectivity index (χ1v) is 13.7. The van der Waals surface area contributed by atoms with E-state index in [1.807, 2.05) is 20.8 Å². The maximum Gasteiger partial charge on any atom is 0.410 e. The second-order valence-corrected chi connectivity index (χ2v) is 11.3. The number of nitrogens with two attached hydrogens (primary N) is 1. The van der Waals surface area contributed by atoms with Crippen molar-refractivity contribution in [3.63, 3.8) is 0 Å². The predicted octanol–water partition coefficient (Wildman–Crippen LogP) is 3.63. The number of likely N-dealkylation sites (tertiary alicyclic amines) is 1. The molecule has 3 N–H and O–H groups in total. The number of aromatic nitrogens is 1. The van der Waals surface area contributed by atoms with E-state index in [-0.39, 0.29) is 42.0 Å². The molecular formula is C30H38N4O6. The van der Waals surface area contributed by atoms with E-state index in [1.165, 1.54) is 7.11 Å². The second-order valence-electron chi connectivity index (χ2n) is 11.3. The summed E-state index contributed by atoms with van der Waals surface area (Å²) in [6.45, 7) is 9.02. The number of rotatable bonds is 6. The van der Waals surface area contributed by atoms with Crippen LogP contribution in [0.25, 0.3) is 10.8 Å². The summed E-state index contributed by atoms with van der Waals surface area (Å²) < 4.78 is 17.0. The number of ether oxygens (including phenoxy) is 3. The van der Waals surface area contributed by atoms with Gasteiger partial charge >= 0.3 is 6.09 Å². The molecule has 214 valence electrons. The van der Waals surface area contributed by atoms with Gasteiger partial charge in [-0.3, -0.25) is 9.59 Å². The van der Waals surface area contributed by atoms with Gasteiger partial charge < -0.3 is 30.2 Å². The summed E-state index contributed by atoms with van der Waals surface area (Å²) in [5.41, 5.74) is 5.96. The first kappa shape index (κ1) is 29.0. The molecule has 2 atom stereocenters. The maximum absolute atomic E-state index is 12.4. The lowest BCUT2D eigenvalue weighted by molar-refractivity contribution is -0.119. The molecule has 1 aromatic carbocycles. The topological polar surface area (TPSA) is 133 Å². The van der Waals surface area contributed by atoms with Crippen molar-refractivity contribution in [3.05, 3.63) is 29.5 Å². The van der Waals surface area contributed by atoms with Gasteiger partial charge in [-0.15, -0.1) is 0 Å². The van der Waals surface area contributed by atoms with Crippen molar-refractivity contribution < 1.29 is 28.6 Å². The molecule has 2 fully saturated rings. The molecule has 2 aromatic rings. The summed E-state index contributed by atoms with van der Waals surface area (Å²) in [5.74, 6) is 6.92. The third-order valence-corrected chi connectivity index (χ3v) is 7.28. The Morgan fingerprint density at radius 1 is 1.20 bits per heavy atom. The van der Waals surface area contributed by atoms with Gasteiger partial charge in [0.15, 0.2) is 0 Å². The number of carbonyl (C=O) groups is 3. The number of nitrogens with zero attached hydrogens (tertiary/aromatic N) is 2. The van der Waals surface area contributed by atoms with Gasteiger partial charge in [0.2, 0.25) is 11.8 Å². The molecule has 0 aliphatic carbocycles. The molecule has 3 amide bonds. The van der Waals surface area contributed by atoms with Crippen LogP contribution in [0.4, 0.5) is 4.79 Å². The molecule has 3 heterocycles. The highest BCUT2D eigenvalue weighted by Crippen LogP contribution is 2.33. The summed E-state index contributed by atoms with van der Waals surface area (Å²) >= 11 is 0. The molecule has 0 radical (unpaired) electrons. The van der Waals surface area contributed by atoms with Crippen molar-refractivity contribution >= 4 is 28.7 Å². The Hall–Kier alpha value is -4.00. The third-order valence-electron chi connectivity index (χ3n) is 7.28. The number of piperidine rings is 1. The molecule has 2 saturated heterocycles. The van der Waals surface area contributed by atoms with Gasteiger partial charge in [0.05, 0.1) is 24.3 Å². The first-order chi connectivity index (χ1) is 19.0. The van der Waals surface area contributed by atoms with Crippen LogP contribution in [0.3, 0.4) is 0 Å². The lowest BCUT2D eigenvalue weighted by Gasteiger charge is -2.31. The zero-order chi connectivity index (χ0) is 29.0. The summed E-state index contributed by atoms with van der Waals surface area (Å²) in [6, 6.07) is 3.24. The Morgan fingerprint density at radius 3 is 2.55 bits per heavy atom. The van der Waals surface area contributed by atoms with Gasteiger partial charge in [0, 0.05) is 42.4 Å². The SMILES string of the molecule is CC[C@@H]1CC(=O)N[C@@H]1COc1ncc(C#CC2CCN(C(=O)OC(C)(C)C)CC2)c2cc(C(N)=O)c(OC)cc12. The van der Waals surface area contributed by atoms with Crippen LogP contribution in [0, 0.1) is 23.7 Å². The zero-order valence-corrected chi connectivity index (χ0v) is 23.8. The summed E-state index contributed by atoms with van der Waals surface area (Å²) in [4.78, 5) is 42.7. The Bertz CT molecular complexity index is 1350. The molecule has 2 aliphatic rings. The Labute approximate surface area is 234 Å². The van der Waals surface area contributed by atoms with Crippen molar-refractivity contribution in [2.24, 2.45) is 17.6 Å². The highest BCUT2D eigenvalue weighted by molar-refractivity contribution is 6.03. The van der Waals surface area contributed by atoms with E-state index in [1.54, 1.807) is 23.2 Å². The van der Waals surface area contributed by atoms with E-state index in [9.17, 15) is 14.4 Å². The van der Waals surface area contributed by atoms with Crippen LogP contribution in [0.15, 0.2) is 18.3 Å². The molecular weight excluding hydrogens is 512 g/mol. The Kier molecular flexibility index (Phi) is 8.72. The highest BCUT2D eigenvalue weighted by atomic mass is 16.6. The molecule has 10 heteroatoms. The number of pyridine rings is 1. The number of hydrogen-bond donors (Lipinski definition) is 2. The summed E-state index contributed by atoms with van der Waals surface area (Å²) in [5, 5.41) is 4.27. The quantitative estimate of drug-likeness (QED) is 0.525. The van der Waals surface area contributed by atoms with Crippen molar-refractivity contribution in [2.75, 3.05) is 26.8 Å². The zero-order valence-electron chi connectivity index (χ0n) is 23.8. The van der Waals surface area contributed by atoms with Gasteiger partial charge in [-0.05, 0) is 51.7 Å². The van der Waals surface area contributed by atoms with Crippen molar-refractivity contribution in [3.8, 4) is 23.5 Å². The molecule has 1 aromatic heterocycles. The smallest absolute Gasteiger partial charge is 0.410 e. The number of fused-ring (bicyclic) bond motifs is 1. The van der Waals surface area contributed by atoms with E-state index in [4.69, 9.17) is 19.9 Å². The molecule has 4 rings (SSSR count). The minimum Gasteiger partial charge on any atom is -0.496 e. The Morgan fingerprint density at radius 2 is 1.93 bits per heavy atom. The second kappa shape index (κ2) is 12.0. The predicted molar refractivity (Wildman–Crippen MR) is 150 cm³/mol. The average molecular weight is 551 g/mol. The van der Waals surface area contributed by atoms with Crippen molar-refractivity contribution in [1.29, 1.82) is 0 Å². The monoisotopic (exact) mass is 550 g/mol. The third kappa shape index (κ3) is 6.76. The fourth-order valence-electron chi connectivity index (χ4n) is 5.07. The van der Waals surface area contributed by atoms with Gasteiger partial charge in [0.25, 0.3) is 5.91 Å². The Balaban J connectivity index is 1.58. The fraction of sp³-hybridized carbons (Fsp3) is 0.533. The molecule has 0 bridgehead atoms. The molecule has 10 nitrogen and oxygen atoms in total. The fourth-order valence-corrected chi connectivity index (χ4v) is 5.07. The van der Waals surface area contributed by atoms with Crippen LogP contribution in [-0.4, -0.2) is 66.2 Å². The maximum atomic E-state index is 12.4. The number of benzene rings is 1. The molecule has 2 aliphatic heterocycles. The van der Waals surface area contributed by atoms with E-state index in [0.29, 0.717) is 47.5 Å². The lowest BCUT2D eigenvalue weighted by Crippen LogP contribution is -2.41. The van der Waals surface area contributed by atoms with Crippen LogP contribution in [0.1, 0.15) is 69.3 Å². The van der Waals surface area contributed by atoms with Crippen LogP contribution < -0.4 is 20.5 Å². The van der Waals surface area contributed by atoms with Crippen LogP contribution >= 0.6 is 0 Å². The molecule has 0 saturated carbocycles. The standard InChI is InChI=1S/C30H38N4O6/c1-6-19-13-26(35)33-24(19)17-39-28-22-15-25(38-5)23(27(31)36)14-21(22)20(16-32-28)8-7-18-9-11-34(12-10-18)29(37)40-30(2,3)4/h14-16,18-19,24H,6,9-13,17H2,1-5H3,(H2,31,36)(H,33,35)/t19-,24-/m1/s1. The van der Waals surface area contributed by atoms with Gasteiger partial charge in [-0.2, -0.15) is 0 Å². The van der Waals surface area contributed by atoms with E-state index >= 15 is 0 Å². The van der Waals surface area contributed by atoms with Crippen LogP contribution in [0.5, 0.6) is 11.6 Å². The number of primary amides is 1. The minimum absolute atomic E-state index is 0.0218. The number of carbonyl (C=O) groups excluding carboxylic acids is 3. The number of methoxy groups -OCH3 is 1. The largest absolute Gasteiger partial charge is 0.496 e. The number of amides is 3. The lowest BCUT2D eigenvalue weighted by atomic mass is 9.96. The van der Waals surface area contributed by atoms with Gasteiger partial charge in [-0.25, -0.2) is 9.78 Å². The molecule has 0 spiro atoms. The molecule has 40 heavy (non-hydrogen) atoms. The normalized spacial score (nSPS) is 19.5.